The average molecular weight is 435 g/mol. The van der Waals surface area contributed by atoms with E-state index < -0.39 is 9.84 Å². The van der Waals surface area contributed by atoms with E-state index in [4.69, 9.17) is 0 Å². The quantitative estimate of drug-likeness (QED) is 0.727. The molecule has 8 nitrogen and oxygen atoms in total. The highest BCUT2D eigenvalue weighted by Crippen LogP contribution is 2.42. The molecule has 0 aromatic heterocycles. The monoisotopic (exact) mass is 434 g/mol. The molecule has 1 aliphatic carbocycles. The summed E-state index contributed by atoms with van der Waals surface area (Å²) < 4.78 is 23.2. The Morgan fingerprint density at radius 2 is 1.73 bits per heavy atom. The van der Waals surface area contributed by atoms with Crippen molar-refractivity contribution in [2.24, 2.45) is 0 Å². The van der Waals surface area contributed by atoms with Crippen LogP contribution in [0, 0.1) is 0 Å². The summed E-state index contributed by atoms with van der Waals surface area (Å²) in [4.78, 5) is 28.4. The van der Waals surface area contributed by atoms with Gasteiger partial charge in [-0.15, -0.1) is 0 Å². The number of rotatable bonds is 4. The molecule has 0 unspecified atom stereocenters. The maximum absolute atomic E-state index is 12.6. The zero-order valence-electron chi connectivity index (χ0n) is 17.4. The molecule has 0 atom stereocenters. The largest absolute Gasteiger partial charge is 0.339 e. The van der Waals surface area contributed by atoms with Gasteiger partial charge in [0.2, 0.25) is 5.91 Å². The second-order valence-corrected chi connectivity index (χ2v) is 11.1. The van der Waals surface area contributed by atoms with Crippen molar-refractivity contribution >= 4 is 21.8 Å². The SMILES string of the molecule is CN[C@]1(c2ccccc2)CC[C@@]2(CC1)CN(CC(=O)N1CCS(=O)(=O)CC1)C(=O)N2. The lowest BCUT2D eigenvalue weighted by Crippen LogP contribution is -2.53. The Bertz CT molecular complexity index is 896. The van der Waals surface area contributed by atoms with Crippen LogP contribution >= 0.6 is 0 Å². The fourth-order valence-electron chi connectivity index (χ4n) is 5.01. The molecular weight excluding hydrogens is 404 g/mol. The number of carbonyl (C=O) groups is 2. The van der Waals surface area contributed by atoms with Crippen LogP contribution in [0.5, 0.6) is 0 Å². The molecule has 2 saturated heterocycles. The second kappa shape index (κ2) is 7.85. The first-order valence-electron chi connectivity index (χ1n) is 10.6. The molecule has 3 fully saturated rings. The highest BCUT2D eigenvalue weighted by Gasteiger charge is 2.49. The smallest absolute Gasteiger partial charge is 0.318 e. The van der Waals surface area contributed by atoms with E-state index in [1.165, 1.54) is 5.56 Å². The summed E-state index contributed by atoms with van der Waals surface area (Å²) in [6.45, 7) is 0.939. The Morgan fingerprint density at radius 3 is 2.33 bits per heavy atom. The minimum absolute atomic E-state index is 0.000457. The third-order valence-corrected chi connectivity index (χ3v) is 8.65. The van der Waals surface area contributed by atoms with Crippen molar-refractivity contribution in [3.63, 3.8) is 0 Å². The van der Waals surface area contributed by atoms with Crippen molar-refractivity contribution in [2.75, 3.05) is 44.7 Å². The molecule has 164 valence electrons. The molecule has 3 aliphatic rings. The van der Waals surface area contributed by atoms with Gasteiger partial charge in [0.05, 0.1) is 17.0 Å². The third-order valence-electron chi connectivity index (χ3n) is 7.04. The number of carbonyl (C=O) groups excluding carboxylic acids is 2. The molecule has 2 aliphatic heterocycles. The predicted molar refractivity (Wildman–Crippen MR) is 114 cm³/mol. The maximum Gasteiger partial charge on any atom is 0.318 e. The summed E-state index contributed by atoms with van der Waals surface area (Å²) >= 11 is 0. The molecule has 1 saturated carbocycles. The van der Waals surface area contributed by atoms with E-state index in [9.17, 15) is 18.0 Å². The van der Waals surface area contributed by atoms with Crippen LogP contribution in [-0.2, 0) is 20.2 Å². The Labute approximate surface area is 177 Å². The predicted octanol–water partition coefficient (Wildman–Crippen LogP) is 0.696. The molecule has 2 heterocycles. The number of nitrogens with zero attached hydrogens (tertiary/aromatic N) is 2. The van der Waals surface area contributed by atoms with Gasteiger partial charge in [0.25, 0.3) is 0 Å². The van der Waals surface area contributed by atoms with Gasteiger partial charge in [-0.2, -0.15) is 0 Å². The molecule has 30 heavy (non-hydrogen) atoms. The molecule has 1 aromatic rings. The minimum Gasteiger partial charge on any atom is -0.339 e. The fourth-order valence-corrected chi connectivity index (χ4v) is 6.22. The number of hydrogen-bond acceptors (Lipinski definition) is 5. The van der Waals surface area contributed by atoms with Gasteiger partial charge in [-0.25, -0.2) is 13.2 Å². The number of amides is 3. The summed E-state index contributed by atoms with van der Waals surface area (Å²) in [5.41, 5.74) is 0.857. The molecular formula is C21H30N4O4S. The Balaban J connectivity index is 1.37. The van der Waals surface area contributed by atoms with Crippen molar-refractivity contribution < 1.29 is 18.0 Å². The Hall–Kier alpha value is -2.13. The van der Waals surface area contributed by atoms with E-state index in [0.29, 0.717) is 6.54 Å². The van der Waals surface area contributed by atoms with Crippen LogP contribution < -0.4 is 10.6 Å². The molecule has 9 heteroatoms. The summed E-state index contributed by atoms with van der Waals surface area (Å²) in [6.07, 6.45) is 3.47. The number of benzene rings is 1. The van der Waals surface area contributed by atoms with E-state index >= 15 is 0 Å². The summed E-state index contributed by atoms with van der Waals surface area (Å²) in [6, 6.07) is 10.2. The minimum atomic E-state index is -3.04. The van der Waals surface area contributed by atoms with E-state index in [-0.39, 0.29) is 54.2 Å². The van der Waals surface area contributed by atoms with Gasteiger partial charge in [0.1, 0.15) is 6.54 Å². The van der Waals surface area contributed by atoms with Crippen LogP contribution in [0.25, 0.3) is 0 Å². The number of nitrogens with one attached hydrogen (secondary N) is 2. The maximum atomic E-state index is 12.6. The van der Waals surface area contributed by atoms with Crippen molar-refractivity contribution in [3.8, 4) is 0 Å². The zero-order chi connectivity index (χ0) is 21.4. The Morgan fingerprint density at radius 1 is 1.10 bits per heavy atom. The Kier molecular flexibility index (Phi) is 5.52. The molecule has 1 spiro atoms. The van der Waals surface area contributed by atoms with Crippen LogP contribution in [0.1, 0.15) is 31.2 Å². The lowest BCUT2D eigenvalue weighted by atomic mass is 9.69. The van der Waals surface area contributed by atoms with Crippen molar-refractivity contribution in [2.45, 2.75) is 36.8 Å². The lowest BCUT2D eigenvalue weighted by Gasteiger charge is -2.45. The van der Waals surface area contributed by atoms with Crippen LogP contribution in [0.4, 0.5) is 4.79 Å². The van der Waals surface area contributed by atoms with Crippen LogP contribution in [0.3, 0.4) is 0 Å². The van der Waals surface area contributed by atoms with E-state index in [1.807, 2.05) is 13.1 Å². The number of hydrogen-bond donors (Lipinski definition) is 2. The van der Waals surface area contributed by atoms with Gasteiger partial charge >= 0.3 is 6.03 Å². The number of urea groups is 1. The van der Waals surface area contributed by atoms with Gasteiger partial charge in [-0.05, 0) is 38.3 Å². The molecule has 1 aromatic carbocycles. The van der Waals surface area contributed by atoms with Gasteiger partial charge in [-0.1, -0.05) is 30.3 Å². The van der Waals surface area contributed by atoms with E-state index in [2.05, 4.69) is 34.9 Å². The fraction of sp³-hybridized carbons (Fsp3) is 0.619. The topological polar surface area (TPSA) is 98.8 Å². The summed E-state index contributed by atoms with van der Waals surface area (Å²) in [5, 5.41) is 6.65. The van der Waals surface area contributed by atoms with Gasteiger partial charge < -0.3 is 20.4 Å². The summed E-state index contributed by atoms with van der Waals surface area (Å²) in [7, 11) is -1.05. The van der Waals surface area contributed by atoms with Gasteiger partial charge in [0.15, 0.2) is 9.84 Å². The van der Waals surface area contributed by atoms with Crippen molar-refractivity contribution in [1.29, 1.82) is 0 Å². The van der Waals surface area contributed by atoms with Crippen molar-refractivity contribution in [3.05, 3.63) is 35.9 Å². The average Bonchev–Trinajstić information content (AvgIpc) is 3.04. The molecule has 2 N–H and O–H groups in total. The van der Waals surface area contributed by atoms with E-state index in [1.54, 1.807) is 9.80 Å². The highest BCUT2D eigenvalue weighted by atomic mass is 32.2. The van der Waals surface area contributed by atoms with Crippen LogP contribution in [0.15, 0.2) is 30.3 Å². The standard InChI is InChI=1S/C21H30N4O4S/c1-22-21(17-5-3-2-4-6-17)9-7-20(8-10-21)16-25(19(27)23-20)15-18(26)24-11-13-30(28,29)14-12-24/h2-6,22H,7-16H2,1H3,(H,23,27)/t20-,21-. The molecule has 0 radical (unpaired) electrons. The zero-order valence-corrected chi connectivity index (χ0v) is 18.2. The molecule has 4 rings (SSSR count). The molecule has 0 bridgehead atoms. The highest BCUT2D eigenvalue weighted by molar-refractivity contribution is 7.91. The first-order chi connectivity index (χ1) is 14.3. The first kappa shape index (κ1) is 21.1. The van der Waals surface area contributed by atoms with Crippen LogP contribution in [0.2, 0.25) is 0 Å². The van der Waals surface area contributed by atoms with Crippen molar-refractivity contribution in [1.82, 2.24) is 20.4 Å². The molecule has 3 amide bonds. The third kappa shape index (κ3) is 4.05. The number of sulfone groups is 1. The van der Waals surface area contributed by atoms with Crippen LogP contribution in [-0.4, -0.2) is 80.4 Å². The lowest BCUT2D eigenvalue weighted by molar-refractivity contribution is -0.131. The van der Waals surface area contributed by atoms with Gasteiger partial charge in [0, 0.05) is 25.2 Å². The summed E-state index contributed by atoms with van der Waals surface area (Å²) in [5.74, 6) is -0.178. The van der Waals surface area contributed by atoms with Gasteiger partial charge in [-0.3, -0.25) is 4.79 Å². The first-order valence-corrected chi connectivity index (χ1v) is 12.4. The second-order valence-electron chi connectivity index (χ2n) is 8.80. The normalized spacial score (nSPS) is 31.0. The van der Waals surface area contributed by atoms with E-state index in [0.717, 1.165) is 25.7 Å².